The van der Waals surface area contributed by atoms with E-state index in [1.165, 1.54) is 6.92 Å². The van der Waals surface area contributed by atoms with Gasteiger partial charge in [0.05, 0.1) is 17.9 Å². The molecule has 0 aromatic heterocycles. The van der Waals surface area contributed by atoms with Gasteiger partial charge in [0.1, 0.15) is 18.4 Å². The highest BCUT2D eigenvalue weighted by molar-refractivity contribution is 5.97. The first-order valence-electron chi connectivity index (χ1n) is 8.95. The van der Waals surface area contributed by atoms with Crippen LogP contribution in [0.25, 0.3) is 0 Å². The van der Waals surface area contributed by atoms with Crippen molar-refractivity contribution in [2.24, 2.45) is 0 Å². The second kappa shape index (κ2) is 10.5. The van der Waals surface area contributed by atoms with Crippen molar-refractivity contribution in [1.82, 2.24) is 5.32 Å². The molecule has 2 amide bonds. The van der Waals surface area contributed by atoms with Crippen molar-refractivity contribution in [3.05, 3.63) is 59.7 Å². The van der Waals surface area contributed by atoms with Crippen molar-refractivity contribution in [1.29, 1.82) is 5.26 Å². The number of anilines is 1. The molecule has 0 saturated heterocycles. The van der Waals surface area contributed by atoms with Crippen molar-refractivity contribution in [2.45, 2.75) is 20.0 Å². The first-order chi connectivity index (χ1) is 13.9. The van der Waals surface area contributed by atoms with Crippen LogP contribution in [0.4, 0.5) is 5.69 Å². The van der Waals surface area contributed by atoms with E-state index in [0.717, 1.165) is 0 Å². The van der Waals surface area contributed by atoms with Gasteiger partial charge in [-0.3, -0.25) is 14.4 Å². The second-order valence-corrected chi connectivity index (χ2v) is 5.92. The molecule has 0 fully saturated rings. The molecular weight excluding hydrogens is 374 g/mol. The minimum Gasteiger partial charge on any atom is -0.494 e. The molecule has 2 N–H and O–H groups in total. The molecule has 0 aliphatic rings. The highest BCUT2D eigenvalue weighted by atomic mass is 16.5. The number of nitrogens with one attached hydrogen (secondary N) is 2. The standard InChI is InChI=1S/C21H21N3O5/c1-3-28-17-10-8-15(9-11-17)21(27)23-13-19(25)29-14(2)20(26)24-18-7-5-4-6-16(18)12-22/h4-11,14H,3,13H2,1-2H3,(H,23,27)(H,24,26)/t14-/m0/s1. The first kappa shape index (κ1) is 21.4. The highest BCUT2D eigenvalue weighted by Crippen LogP contribution is 2.14. The number of para-hydroxylation sites is 1. The van der Waals surface area contributed by atoms with E-state index in [1.54, 1.807) is 48.5 Å². The number of esters is 1. The number of amides is 2. The van der Waals surface area contributed by atoms with Crippen molar-refractivity contribution in [3.8, 4) is 11.8 Å². The minimum absolute atomic E-state index is 0.294. The number of rotatable bonds is 8. The summed E-state index contributed by atoms with van der Waals surface area (Å²) in [7, 11) is 0. The molecular formula is C21H21N3O5. The third-order valence-electron chi connectivity index (χ3n) is 3.80. The largest absolute Gasteiger partial charge is 0.494 e. The molecule has 150 valence electrons. The molecule has 8 heteroatoms. The van der Waals surface area contributed by atoms with Gasteiger partial charge >= 0.3 is 5.97 Å². The van der Waals surface area contributed by atoms with Gasteiger partial charge < -0.3 is 20.1 Å². The van der Waals surface area contributed by atoms with Crippen LogP contribution in [-0.2, 0) is 14.3 Å². The van der Waals surface area contributed by atoms with E-state index in [9.17, 15) is 14.4 Å². The Morgan fingerprint density at radius 1 is 1.10 bits per heavy atom. The number of carbonyl (C=O) groups excluding carboxylic acids is 3. The zero-order valence-corrected chi connectivity index (χ0v) is 16.1. The maximum absolute atomic E-state index is 12.2. The van der Waals surface area contributed by atoms with E-state index in [2.05, 4.69) is 10.6 Å². The molecule has 0 heterocycles. The summed E-state index contributed by atoms with van der Waals surface area (Å²) in [5.74, 6) is -1.16. The highest BCUT2D eigenvalue weighted by Gasteiger charge is 2.19. The number of nitriles is 1. The lowest BCUT2D eigenvalue weighted by atomic mass is 10.2. The Bertz CT molecular complexity index is 919. The number of benzene rings is 2. The molecule has 29 heavy (non-hydrogen) atoms. The molecule has 0 saturated carbocycles. The molecule has 2 rings (SSSR count). The maximum atomic E-state index is 12.2. The maximum Gasteiger partial charge on any atom is 0.326 e. The van der Waals surface area contributed by atoms with Crippen LogP contribution in [0.1, 0.15) is 29.8 Å². The Kier molecular flexibility index (Phi) is 7.74. The Morgan fingerprint density at radius 3 is 2.45 bits per heavy atom. The number of carbonyl (C=O) groups is 3. The Labute approximate surface area is 168 Å². The quantitative estimate of drug-likeness (QED) is 0.662. The van der Waals surface area contributed by atoms with Crippen LogP contribution in [0.2, 0.25) is 0 Å². The summed E-state index contributed by atoms with van der Waals surface area (Å²) >= 11 is 0. The molecule has 0 bridgehead atoms. The van der Waals surface area contributed by atoms with Gasteiger partial charge in [-0.1, -0.05) is 12.1 Å². The monoisotopic (exact) mass is 395 g/mol. The first-order valence-corrected chi connectivity index (χ1v) is 8.95. The van der Waals surface area contributed by atoms with Crippen LogP contribution in [0.5, 0.6) is 5.75 Å². The second-order valence-electron chi connectivity index (χ2n) is 5.92. The normalized spacial score (nSPS) is 10.9. The van der Waals surface area contributed by atoms with Crippen molar-refractivity contribution >= 4 is 23.5 Å². The summed E-state index contributed by atoms with van der Waals surface area (Å²) in [6, 6.07) is 14.9. The van der Waals surface area contributed by atoms with Gasteiger partial charge in [0.25, 0.3) is 11.8 Å². The summed E-state index contributed by atoms with van der Waals surface area (Å²) in [5.41, 5.74) is 0.980. The average molecular weight is 395 g/mol. The summed E-state index contributed by atoms with van der Waals surface area (Å²) in [4.78, 5) is 36.2. The van der Waals surface area contributed by atoms with E-state index in [0.29, 0.717) is 29.2 Å². The predicted octanol–water partition coefficient (Wildman–Crippen LogP) is 2.26. The zero-order valence-electron chi connectivity index (χ0n) is 16.1. The fraction of sp³-hybridized carbons (Fsp3) is 0.238. The van der Waals surface area contributed by atoms with Crippen LogP contribution in [0.3, 0.4) is 0 Å². The van der Waals surface area contributed by atoms with Gasteiger partial charge in [0, 0.05) is 5.56 Å². The van der Waals surface area contributed by atoms with Gasteiger partial charge in [-0.05, 0) is 50.2 Å². The van der Waals surface area contributed by atoms with Crippen LogP contribution < -0.4 is 15.4 Å². The lowest BCUT2D eigenvalue weighted by molar-refractivity contribution is -0.152. The smallest absolute Gasteiger partial charge is 0.326 e. The van der Waals surface area contributed by atoms with Crippen molar-refractivity contribution in [3.63, 3.8) is 0 Å². The SMILES string of the molecule is CCOc1ccc(C(=O)NCC(=O)O[C@@H](C)C(=O)Nc2ccccc2C#N)cc1. The Morgan fingerprint density at radius 2 is 1.79 bits per heavy atom. The number of nitrogens with zero attached hydrogens (tertiary/aromatic N) is 1. The summed E-state index contributed by atoms with van der Waals surface area (Å²) < 4.78 is 10.3. The van der Waals surface area contributed by atoms with E-state index in [-0.39, 0.29) is 0 Å². The number of hydrogen-bond donors (Lipinski definition) is 2. The van der Waals surface area contributed by atoms with Crippen LogP contribution in [-0.4, -0.2) is 37.0 Å². The van der Waals surface area contributed by atoms with E-state index >= 15 is 0 Å². The van der Waals surface area contributed by atoms with Gasteiger partial charge in [0.2, 0.25) is 0 Å². The molecule has 2 aromatic carbocycles. The lowest BCUT2D eigenvalue weighted by Gasteiger charge is -2.14. The Balaban J connectivity index is 1.82. The van der Waals surface area contributed by atoms with E-state index < -0.39 is 30.4 Å². The third-order valence-corrected chi connectivity index (χ3v) is 3.80. The van der Waals surface area contributed by atoms with Crippen LogP contribution in [0, 0.1) is 11.3 Å². The molecule has 8 nitrogen and oxygen atoms in total. The van der Waals surface area contributed by atoms with Gasteiger partial charge in [-0.15, -0.1) is 0 Å². The topological polar surface area (TPSA) is 118 Å². The Hall–Kier alpha value is -3.86. The van der Waals surface area contributed by atoms with E-state index in [4.69, 9.17) is 14.7 Å². The van der Waals surface area contributed by atoms with E-state index in [1.807, 2.05) is 13.0 Å². The molecule has 1 atom stereocenters. The number of hydrogen-bond acceptors (Lipinski definition) is 6. The zero-order chi connectivity index (χ0) is 21.2. The minimum atomic E-state index is -1.10. The van der Waals surface area contributed by atoms with Crippen molar-refractivity contribution in [2.75, 3.05) is 18.5 Å². The van der Waals surface area contributed by atoms with Crippen LogP contribution >= 0.6 is 0 Å². The van der Waals surface area contributed by atoms with Gasteiger partial charge in [-0.2, -0.15) is 5.26 Å². The number of ether oxygens (including phenoxy) is 2. The van der Waals surface area contributed by atoms with Crippen LogP contribution in [0.15, 0.2) is 48.5 Å². The molecule has 0 radical (unpaired) electrons. The molecule has 0 spiro atoms. The third kappa shape index (κ3) is 6.36. The van der Waals surface area contributed by atoms with Crippen molar-refractivity contribution < 1.29 is 23.9 Å². The summed E-state index contributed by atoms with van der Waals surface area (Å²) in [5, 5.41) is 14.0. The van der Waals surface area contributed by atoms with Gasteiger partial charge in [-0.25, -0.2) is 0 Å². The molecule has 0 aliphatic carbocycles. The molecule has 0 aliphatic heterocycles. The lowest BCUT2D eigenvalue weighted by Crippen LogP contribution is -2.35. The summed E-state index contributed by atoms with van der Waals surface area (Å²) in [6.45, 7) is 3.38. The summed E-state index contributed by atoms with van der Waals surface area (Å²) in [6.07, 6.45) is -1.10. The average Bonchev–Trinajstić information content (AvgIpc) is 2.73. The predicted molar refractivity (Wildman–Crippen MR) is 105 cm³/mol. The van der Waals surface area contributed by atoms with Gasteiger partial charge in [0.15, 0.2) is 6.10 Å². The molecule has 2 aromatic rings. The fourth-order valence-electron chi connectivity index (χ4n) is 2.34. The fourth-order valence-corrected chi connectivity index (χ4v) is 2.34. The molecule has 0 unspecified atom stereocenters.